The van der Waals surface area contributed by atoms with Crippen LogP contribution in [0.2, 0.25) is 0 Å². The molecule has 1 saturated carbocycles. The molecule has 0 N–H and O–H groups in total. The molecule has 74 valence electrons. The lowest BCUT2D eigenvalue weighted by Crippen LogP contribution is -2.20. The topological polar surface area (TPSA) is 41.6 Å². The lowest BCUT2D eigenvalue weighted by Gasteiger charge is -2.24. The van der Waals surface area contributed by atoms with E-state index in [2.05, 4.69) is 11.2 Å². The average Bonchev–Trinajstić information content (AvgIpc) is 2.67. The van der Waals surface area contributed by atoms with E-state index >= 15 is 0 Å². The van der Waals surface area contributed by atoms with Crippen LogP contribution in [0.25, 0.3) is 0 Å². The lowest BCUT2D eigenvalue weighted by molar-refractivity contribution is 0.201. The summed E-state index contributed by atoms with van der Waals surface area (Å²) in [5, 5.41) is 12.9. The van der Waals surface area contributed by atoms with Gasteiger partial charge in [-0.25, -0.2) is 4.39 Å². The maximum atomic E-state index is 12.9. The summed E-state index contributed by atoms with van der Waals surface area (Å²) in [6, 6.07) is 4.00. The summed E-state index contributed by atoms with van der Waals surface area (Å²) in [6.45, 7) is 0. The fourth-order valence-electron chi connectivity index (χ4n) is 1.97. The maximum Gasteiger partial charge on any atom is 0.138 e. The number of nitrogens with zero attached hydrogens (tertiary/aromatic N) is 3. The highest BCUT2D eigenvalue weighted by molar-refractivity contribution is 5.19. The number of halogens is 1. The standard InChI is InChI=1S/C10H12FN3/c11-8-1-3-9(4-2-8)14-10(7-12)5-6-13-14/h5-6,8-9H,1-4H2. The van der Waals surface area contributed by atoms with E-state index < -0.39 is 6.17 Å². The van der Waals surface area contributed by atoms with Crippen LogP contribution in [0.1, 0.15) is 37.4 Å². The summed E-state index contributed by atoms with van der Waals surface area (Å²) < 4.78 is 14.6. The van der Waals surface area contributed by atoms with E-state index in [-0.39, 0.29) is 6.04 Å². The number of rotatable bonds is 1. The van der Waals surface area contributed by atoms with Gasteiger partial charge in [-0.05, 0) is 31.7 Å². The second-order valence-corrected chi connectivity index (χ2v) is 3.68. The Morgan fingerprint density at radius 2 is 2.14 bits per heavy atom. The van der Waals surface area contributed by atoms with E-state index in [1.807, 2.05) is 0 Å². The van der Waals surface area contributed by atoms with Crippen LogP contribution in [-0.4, -0.2) is 16.0 Å². The van der Waals surface area contributed by atoms with Gasteiger partial charge in [0, 0.05) is 0 Å². The Balaban J connectivity index is 2.13. The number of aromatic nitrogens is 2. The molecule has 14 heavy (non-hydrogen) atoms. The van der Waals surface area contributed by atoms with Gasteiger partial charge in [0.15, 0.2) is 0 Å². The van der Waals surface area contributed by atoms with Crippen LogP contribution in [0, 0.1) is 11.3 Å². The monoisotopic (exact) mass is 193 g/mol. The van der Waals surface area contributed by atoms with Gasteiger partial charge in [0.1, 0.15) is 17.9 Å². The lowest BCUT2D eigenvalue weighted by atomic mass is 9.94. The van der Waals surface area contributed by atoms with Crippen molar-refractivity contribution in [2.24, 2.45) is 0 Å². The Labute approximate surface area is 82.1 Å². The highest BCUT2D eigenvalue weighted by Gasteiger charge is 2.23. The van der Waals surface area contributed by atoms with E-state index in [9.17, 15) is 4.39 Å². The molecule has 0 amide bonds. The molecule has 0 spiro atoms. The van der Waals surface area contributed by atoms with Gasteiger partial charge in [-0.1, -0.05) is 0 Å². The smallest absolute Gasteiger partial charge is 0.138 e. The highest BCUT2D eigenvalue weighted by atomic mass is 19.1. The molecule has 0 radical (unpaired) electrons. The van der Waals surface area contributed by atoms with Crippen molar-refractivity contribution in [1.29, 1.82) is 5.26 Å². The van der Waals surface area contributed by atoms with Crippen LogP contribution in [-0.2, 0) is 0 Å². The number of alkyl halides is 1. The molecule has 1 fully saturated rings. The van der Waals surface area contributed by atoms with E-state index in [4.69, 9.17) is 5.26 Å². The molecule has 0 atom stereocenters. The van der Waals surface area contributed by atoms with Crippen LogP contribution in [0.15, 0.2) is 12.3 Å². The quantitative estimate of drug-likeness (QED) is 0.686. The third-order valence-electron chi connectivity index (χ3n) is 2.76. The van der Waals surface area contributed by atoms with Gasteiger partial charge in [-0.3, -0.25) is 4.68 Å². The van der Waals surface area contributed by atoms with Crippen LogP contribution in [0.5, 0.6) is 0 Å². The predicted octanol–water partition coefficient (Wildman–Crippen LogP) is 2.21. The molecular formula is C10H12FN3. The Morgan fingerprint density at radius 1 is 1.43 bits per heavy atom. The summed E-state index contributed by atoms with van der Waals surface area (Å²) in [6.07, 6.45) is 3.73. The van der Waals surface area contributed by atoms with E-state index in [1.165, 1.54) is 0 Å². The van der Waals surface area contributed by atoms with Crippen molar-refractivity contribution in [3.8, 4) is 6.07 Å². The van der Waals surface area contributed by atoms with Crippen LogP contribution in [0.3, 0.4) is 0 Å². The van der Waals surface area contributed by atoms with Crippen molar-refractivity contribution in [1.82, 2.24) is 9.78 Å². The summed E-state index contributed by atoms with van der Waals surface area (Å²) in [4.78, 5) is 0. The molecule has 2 rings (SSSR count). The van der Waals surface area contributed by atoms with E-state index in [1.54, 1.807) is 16.9 Å². The molecule has 3 nitrogen and oxygen atoms in total. The van der Waals surface area contributed by atoms with Crippen LogP contribution in [0.4, 0.5) is 4.39 Å². The minimum atomic E-state index is -0.660. The third-order valence-corrected chi connectivity index (χ3v) is 2.76. The van der Waals surface area contributed by atoms with Gasteiger partial charge in [0.25, 0.3) is 0 Å². The molecule has 0 aliphatic heterocycles. The number of nitriles is 1. The molecular weight excluding hydrogens is 181 g/mol. The Hall–Kier alpha value is -1.37. The zero-order chi connectivity index (χ0) is 9.97. The molecule has 4 heteroatoms. The largest absolute Gasteiger partial charge is 0.252 e. The Morgan fingerprint density at radius 3 is 2.79 bits per heavy atom. The van der Waals surface area contributed by atoms with Crippen LogP contribution >= 0.6 is 0 Å². The fraction of sp³-hybridized carbons (Fsp3) is 0.600. The number of hydrogen-bond donors (Lipinski definition) is 0. The molecule has 1 aliphatic rings. The minimum Gasteiger partial charge on any atom is -0.252 e. The van der Waals surface area contributed by atoms with E-state index in [0.717, 1.165) is 12.8 Å². The SMILES string of the molecule is N#Cc1ccnn1C1CCC(F)CC1. The van der Waals surface area contributed by atoms with Crippen molar-refractivity contribution in [2.75, 3.05) is 0 Å². The molecule has 1 aromatic rings. The van der Waals surface area contributed by atoms with Crippen molar-refractivity contribution < 1.29 is 4.39 Å². The first kappa shape index (κ1) is 9.20. The molecule has 1 aromatic heterocycles. The average molecular weight is 193 g/mol. The molecule has 0 saturated heterocycles. The van der Waals surface area contributed by atoms with Crippen molar-refractivity contribution in [3.05, 3.63) is 18.0 Å². The van der Waals surface area contributed by atoms with Crippen LogP contribution < -0.4 is 0 Å². The maximum absolute atomic E-state index is 12.9. The second-order valence-electron chi connectivity index (χ2n) is 3.68. The second kappa shape index (κ2) is 3.79. The normalized spacial score (nSPS) is 27.1. The van der Waals surface area contributed by atoms with Gasteiger partial charge < -0.3 is 0 Å². The Bertz CT molecular complexity index is 344. The first-order chi connectivity index (χ1) is 6.81. The summed E-state index contributed by atoms with van der Waals surface area (Å²) >= 11 is 0. The summed E-state index contributed by atoms with van der Waals surface area (Å²) in [7, 11) is 0. The van der Waals surface area contributed by atoms with Gasteiger partial charge in [-0.15, -0.1) is 0 Å². The highest BCUT2D eigenvalue weighted by Crippen LogP contribution is 2.30. The van der Waals surface area contributed by atoms with Crippen molar-refractivity contribution >= 4 is 0 Å². The van der Waals surface area contributed by atoms with Crippen molar-refractivity contribution in [3.63, 3.8) is 0 Å². The van der Waals surface area contributed by atoms with Gasteiger partial charge in [-0.2, -0.15) is 10.4 Å². The zero-order valence-corrected chi connectivity index (χ0v) is 7.86. The van der Waals surface area contributed by atoms with E-state index in [0.29, 0.717) is 18.5 Å². The number of hydrogen-bond acceptors (Lipinski definition) is 2. The van der Waals surface area contributed by atoms with Gasteiger partial charge in [0.2, 0.25) is 0 Å². The molecule has 1 aliphatic carbocycles. The summed E-state index contributed by atoms with van der Waals surface area (Å²) in [5.41, 5.74) is 0.576. The fourth-order valence-corrected chi connectivity index (χ4v) is 1.97. The Kier molecular flexibility index (Phi) is 2.49. The van der Waals surface area contributed by atoms with Crippen molar-refractivity contribution in [2.45, 2.75) is 37.9 Å². The molecule has 0 aromatic carbocycles. The molecule has 0 unspecified atom stereocenters. The zero-order valence-electron chi connectivity index (χ0n) is 7.86. The minimum absolute atomic E-state index is 0.214. The first-order valence-electron chi connectivity index (χ1n) is 4.89. The first-order valence-corrected chi connectivity index (χ1v) is 4.89. The molecule has 0 bridgehead atoms. The van der Waals surface area contributed by atoms with Gasteiger partial charge >= 0.3 is 0 Å². The van der Waals surface area contributed by atoms with Gasteiger partial charge in [0.05, 0.1) is 12.2 Å². The summed E-state index contributed by atoms with van der Waals surface area (Å²) in [5.74, 6) is 0. The predicted molar refractivity (Wildman–Crippen MR) is 49.3 cm³/mol. The third kappa shape index (κ3) is 1.63. The molecule has 1 heterocycles.